The second kappa shape index (κ2) is 14.0. The smallest absolute Gasteiger partial charge is 0.475 e. The van der Waals surface area contributed by atoms with E-state index in [4.69, 9.17) is 29.0 Å². The number of fused-ring (bicyclic) bond motifs is 1. The fourth-order valence-electron chi connectivity index (χ4n) is 4.42. The van der Waals surface area contributed by atoms with Gasteiger partial charge >= 0.3 is 24.3 Å². The normalized spacial score (nSPS) is 23.3. The van der Waals surface area contributed by atoms with E-state index in [1.165, 1.54) is 25.9 Å². The molecule has 3 saturated heterocycles. The zero-order valence-electron chi connectivity index (χ0n) is 21.1. The van der Waals surface area contributed by atoms with Crippen LogP contribution < -0.4 is 5.32 Å². The topological polar surface area (TPSA) is 133 Å². The number of alkyl halides is 6. The molecule has 0 saturated carbocycles. The van der Waals surface area contributed by atoms with Crippen LogP contribution in [0.15, 0.2) is 16.5 Å². The number of carbonyl (C=O) groups is 3. The molecule has 3 aliphatic rings. The van der Waals surface area contributed by atoms with E-state index in [1.807, 2.05) is 19.1 Å². The first-order valence-electron chi connectivity index (χ1n) is 12.1. The zero-order valence-corrected chi connectivity index (χ0v) is 21.1. The predicted molar refractivity (Wildman–Crippen MR) is 122 cm³/mol. The van der Waals surface area contributed by atoms with E-state index in [1.54, 1.807) is 0 Å². The van der Waals surface area contributed by atoms with Gasteiger partial charge in [-0.25, -0.2) is 9.59 Å². The van der Waals surface area contributed by atoms with Gasteiger partial charge in [-0.05, 0) is 51.4 Å². The monoisotopic (exact) mass is 575 g/mol. The van der Waals surface area contributed by atoms with Gasteiger partial charge in [-0.1, -0.05) is 0 Å². The number of hydrogen-bond donors (Lipinski definition) is 3. The van der Waals surface area contributed by atoms with Crippen LogP contribution in [-0.4, -0.2) is 101 Å². The Morgan fingerprint density at radius 1 is 1.00 bits per heavy atom. The molecule has 1 aromatic rings. The zero-order chi connectivity index (χ0) is 29.4. The Morgan fingerprint density at radius 3 is 2.05 bits per heavy atom. The second-order valence-electron chi connectivity index (χ2n) is 9.18. The first-order valence-corrected chi connectivity index (χ1v) is 12.1. The van der Waals surface area contributed by atoms with E-state index >= 15 is 0 Å². The molecular formula is C23H31F6N3O7. The predicted octanol–water partition coefficient (Wildman–Crippen LogP) is 2.80. The summed E-state index contributed by atoms with van der Waals surface area (Å²) in [5.41, 5.74) is 0. The van der Waals surface area contributed by atoms with Gasteiger partial charge in [0, 0.05) is 32.1 Å². The van der Waals surface area contributed by atoms with Crippen LogP contribution in [0.5, 0.6) is 0 Å². The summed E-state index contributed by atoms with van der Waals surface area (Å²) in [5.74, 6) is -3.51. The largest absolute Gasteiger partial charge is 0.490 e. The minimum Gasteiger partial charge on any atom is -0.475 e. The van der Waals surface area contributed by atoms with Crippen molar-refractivity contribution in [2.24, 2.45) is 0 Å². The van der Waals surface area contributed by atoms with E-state index in [0.29, 0.717) is 6.04 Å². The molecule has 3 fully saturated rings. The van der Waals surface area contributed by atoms with Crippen molar-refractivity contribution in [1.29, 1.82) is 0 Å². The first kappa shape index (κ1) is 32.4. The molecule has 3 N–H and O–H groups in total. The molecule has 0 spiro atoms. The number of aliphatic carboxylic acids is 2. The third-order valence-electron chi connectivity index (χ3n) is 6.25. The number of carboxylic acids is 2. The highest BCUT2D eigenvalue weighted by molar-refractivity contribution is 5.81. The van der Waals surface area contributed by atoms with Crippen molar-refractivity contribution < 1.29 is 60.1 Å². The minimum atomic E-state index is -5.08. The lowest BCUT2D eigenvalue weighted by atomic mass is 10.1. The number of amides is 1. The van der Waals surface area contributed by atoms with Gasteiger partial charge in [0.2, 0.25) is 5.91 Å². The van der Waals surface area contributed by atoms with Gasteiger partial charge in [-0.3, -0.25) is 9.69 Å². The SMILES string of the molecule is Cc1ccc(CN2CC[C@@H]3O[C@H](C(=O)NCCN4CCCC4)C[C@@H]32)o1.O=C(O)C(F)(F)F.O=C(O)C(F)(F)F. The molecule has 10 nitrogen and oxygen atoms in total. The highest BCUT2D eigenvalue weighted by atomic mass is 19.4. The molecule has 1 aromatic heterocycles. The molecule has 1 amide bonds. The summed E-state index contributed by atoms with van der Waals surface area (Å²) in [6, 6.07) is 4.38. The number of carboxylic acid groups (broad SMARTS) is 2. The van der Waals surface area contributed by atoms with Crippen LogP contribution in [0, 0.1) is 6.92 Å². The van der Waals surface area contributed by atoms with E-state index in [9.17, 15) is 31.1 Å². The molecule has 4 heterocycles. The van der Waals surface area contributed by atoms with Gasteiger partial charge < -0.3 is 29.6 Å². The summed E-state index contributed by atoms with van der Waals surface area (Å²) >= 11 is 0. The summed E-state index contributed by atoms with van der Waals surface area (Å²) in [7, 11) is 0. The number of furan rings is 1. The third kappa shape index (κ3) is 10.7. The molecule has 0 aromatic carbocycles. The average Bonchev–Trinajstić information content (AvgIpc) is 3.61. The van der Waals surface area contributed by atoms with E-state index in [2.05, 4.69) is 15.1 Å². The van der Waals surface area contributed by atoms with Crippen molar-refractivity contribution in [3.63, 3.8) is 0 Å². The van der Waals surface area contributed by atoms with Crippen molar-refractivity contribution >= 4 is 17.8 Å². The fourth-order valence-corrected chi connectivity index (χ4v) is 4.42. The number of rotatable bonds is 6. The molecule has 3 aliphatic heterocycles. The quantitative estimate of drug-likeness (QED) is 0.438. The Morgan fingerprint density at radius 2 is 1.56 bits per heavy atom. The summed E-state index contributed by atoms with van der Waals surface area (Å²) in [5, 5.41) is 17.3. The minimum absolute atomic E-state index is 0.0578. The number of hydrogen-bond acceptors (Lipinski definition) is 7. The molecule has 222 valence electrons. The number of halogens is 6. The van der Waals surface area contributed by atoms with Crippen LogP contribution in [0.2, 0.25) is 0 Å². The van der Waals surface area contributed by atoms with Crippen LogP contribution in [0.1, 0.15) is 37.2 Å². The number of ether oxygens (including phenoxy) is 1. The van der Waals surface area contributed by atoms with E-state index in [0.717, 1.165) is 50.5 Å². The maximum absolute atomic E-state index is 12.4. The first-order chi connectivity index (χ1) is 18.1. The molecule has 3 atom stereocenters. The Balaban J connectivity index is 0.000000317. The summed E-state index contributed by atoms with van der Waals surface area (Å²) in [6.07, 6.45) is -5.91. The highest BCUT2D eigenvalue weighted by Crippen LogP contribution is 2.34. The molecule has 16 heteroatoms. The lowest BCUT2D eigenvalue weighted by Crippen LogP contribution is -2.40. The van der Waals surface area contributed by atoms with Gasteiger partial charge in [0.1, 0.15) is 17.6 Å². The molecular weight excluding hydrogens is 544 g/mol. The van der Waals surface area contributed by atoms with E-state index < -0.39 is 24.3 Å². The highest BCUT2D eigenvalue weighted by Gasteiger charge is 2.45. The van der Waals surface area contributed by atoms with Crippen molar-refractivity contribution in [3.8, 4) is 0 Å². The Labute approximate surface area is 219 Å². The van der Waals surface area contributed by atoms with Gasteiger partial charge in [0.15, 0.2) is 0 Å². The maximum Gasteiger partial charge on any atom is 0.490 e. The summed E-state index contributed by atoms with van der Waals surface area (Å²) in [4.78, 5) is 35.0. The van der Waals surface area contributed by atoms with Crippen LogP contribution in [0.25, 0.3) is 0 Å². The second-order valence-corrected chi connectivity index (χ2v) is 9.18. The Hall–Kier alpha value is -2.85. The lowest BCUT2D eigenvalue weighted by Gasteiger charge is -2.21. The number of carbonyl (C=O) groups excluding carboxylic acids is 1. The van der Waals surface area contributed by atoms with Gasteiger partial charge in [0.25, 0.3) is 0 Å². The maximum atomic E-state index is 12.4. The molecule has 39 heavy (non-hydrogen) atoms. The number of likely N-dealkylation sites (tertiary alicyclic amines) is 2. The Kier molecular flexibility index (Phi) is 11.6. The van der Waals surface area contributed by atoms with Gasteiger partial charge in [-0.2, -0.15) is 26.3 Å². The molecule has 0 radical (unpaired) electrons. The molecule has 4 rings (SSSR count). The third-order valence-corrected chi connectivity index (χ3v) is 6.25. The van der Waals surface area contributed by atoms with Crippen molar-refractivity contribution in [2.75, 3.05) is 32.7 Å². The molecule has 0 unspecified atom stereocenters. The Bertz CT molecular complexity index is 939. The summed E-state index contributed by atoms with van der Waals surface area (Å²) < 4.78 is 75.2. The number of aryl methyl sites for hydroxylation is 1. The number of nitrogens with zero attached hydrogens (tertiary/aromatic N) is 2. The van der Waals surface area contributed by atoms with Crippen molar-refractivity contribution in [3.05, 3.63) is 23.7 Å². The fraction of sp³-hybridized carbons (Fsp3) is 0.696. The van der Waals surface area contributed by atoms with Crippen molar-refractivity contribution in [2.45, 2.75) is 69.8 Å². The summed E-state index contributed by atoms with van der Waals surface area (Å²) in [6.45, 7) is 7.80. The number of nitrogens with one attached hydrogen (secondary N) is 1. The van der Waals surface area contributed by atoms with E-state index in [-0.39, 0.29) is 18.1 Å². The van der Waals surface area contributed by atoms with Gasteiger partial charge in [-0.15, -0.1) is 0 Å². The molecule has 0 bridgehead atoms. The van der Waals surface area contributed by atoms with Crippen LogP contribution in [-0.2, 0) is 25.7 Å². The lowest BCUT2D eigenvalue weighted by molar-refractivity contribution is -0.193. The van der Waals surface area contributed by atoms with Gasteiger partial charge in [0.05, 0.1) is 12.6 Å². The average molecular weight is 576 g/mol. The van der Waals surface area contributed by atoms with Crippen LogP contribution in [0.3, 0.4) is 0 Å². The van der Waals surface area contributed by atoms with Crippen LogP contribution >= 0.6 is 0 Å². The standard InChI is InChI=1S/C19H29N3O3.2C2HF3O2/c1-14-4-5-15(24-14)13-22-10-6-17-16(22)12-18(25-17)19(23)20-7-11-21-8-2-3-9-21;2*3-2(4,5)1(6)7/h4-5,16-18H,2-3,6-13H2,1H3,(H,20,23);2*(H,6,7)/t16-,17-,18-;;/m0../s1. The van der Waals surface area contributed by atoms with Crippen LogP contribution in [0.4, 0.5) is 26.3 Å². The molecule has 0 aliphatic carbocycles. The van der Waals surface area contributed by atoms with Crippen molar-refractivity contribution in [1.82, 2.24) is 15.1 Å².